The van der Waals surface area contributed by atoms with Crippen LogP contribution in [-0.4, -0.2) is 27.3 Å². The molecule has 0 bridgehead atoms. The Kier molecular flexibility index (Phi) is 3.16. The number of aliphatic hydroxyl groups excluding tert-OH is 1. The van der Waals surface area contributed by atoms with Crippen LogP contribution >= 0.6 is 0 Å². The van der Waals surface area contributed by atoms with E-state index in [1.165, 1.54) is 13.0 Å². The van der Waals surface area contributed by atoms with E-state index in [-0.39, 0.29) is 5.69 Å². The Balaban J connectivity index is 2.99. The average Bonchev–Trinajstić information content (AvgIpc) is 2.16. The predicted molar refractivity (Wildman–Crippen MR) is 49.8 cm³/mol. The number of hydrogen-bond acceptors (Lipinski definition) is 4. The summed E-state index contributed by atoms with van der Waals surface area (Å²) < 4.78 is 0. The summed E-state index contributed by atoms with van der Waals surface area (Å²) in [6, 6.07) is 3.85. The minimum absolute atomic E-state index is 0.0707. The first-order valence-electron chi connectivity index (χ1n) is 4.16. The Morgan fingerprint density at radius 1 is 1.57 bits per heavy atom. The molecule has 0 saturated heterocycles. The first kappa shape index (κ1) is 10.6. The van der Waals surface area contributed by atoms with Crippen molar-refractivity contribution in [3.8, 4) is 0 Å². The number of pyridine rings is 1. The molecule has 0 unspecified atom stereocenters. The van der Waals surface area contributed by atoms with Gasteiger partial charge in [0.2, 0.25) is 0 Å². The van der Waals surface area contributed by atoms with E-state index < -0.39 is 18.1 Å². The van der Waals surface area contributed by atoms with Crippen LogP contribution in [0.15, 0.2) is 18.2 Å². The van der Waals surface area contributed by atoms with Gasteiger partial charge in [-0.3, -0.25) is 0 Å². The SMILES string of the molecule is C[C@@H](O)[C@@H](N)c1cccc(C(=O)O)n1. The zero-order chi connectivity index (χ0) is 10.7. The van der Waals surface area contributed by atoms with Crippen LogP contribution in [0.5, 0.6) is 0 Å². The van der Waals surface area contributed by atoms with Gasteiger partial charge >= 0.3 is 5.97 Å². The van der Waals surface area contributed by atoms with Crippen molar-refractivity contribution < 1.29 is 15.0 Å². The minimum atomic E-state index is -1.11. The molecule has 0 aliphatic carbocycles. The van der Waals surface area contributed by atoms with Gasteiger partial charge in [0.05, 0.1) is 17.8 Å². The summed E-state index contributed by atoms with van der Waals surface area (Å²) in [5.74, 6) is -1.11. The fraction of sp³-hybridized carbons (Fsp3) is 0.333. The second kappa shape index (κ2) is 4.17. The molecule has 0 spiro atoms. The summed E-state index contributed by atoms with van der Waals surface area (Å²) in [4.78, 5) is 14.4. The lowest BCUT2D eigenvalue weighted by molar-refractivity contribution is 0.0689. The number of carboxylic acids is 1. The van der Waals surface area contributed by atoms with Crippen molar-refractivity contribution in [1.29, 1.82) is 0 Å². The summed E-state index contributed by atoms with van der Waals surface area (Å²) >= 11 is 0. The molecule has 1 aromatic rings. The van der Waals surface area contributed by atoms with E-state index in [0.29, 0.717) is 5.69 Å². The monoisotopic (exact) mass is 196 g/mol. The number of carboxylic acid groups (broad SMARTS) is 1. The molecule has 1 heterocycles. The fourth-order valence-corrected chi connectivity index (χ4v) is 1.00. The molecule has 14 heavy (non-hydrogen) atoms. The third kappa shape index (κ3) is 2.27. The first-order valence-corrected chi connectivity index (χ1v) is 4.16. The van der Waals surface area contributed by atoms with Gasteiger partial charge in [-0.1, -0.05) is 6.07 Å². The molecular weight excluding hydrogens is 184 g/mol. The van der Waals surface area contributed by atoms with Crippen LogP contribution in [0.4, 0.5) is 0 Å². The molecule has 0 saturated carbocycles. The highest BCUT2D eigenvalue weighted by Gasteiger charge is 2.15. The van der Waals surface area contributed by atoms with E-state index >= 15 is 0 Å². The predicted octanol–water partition coefficient (Wildman–Crippen LogP) is 0.160. The highest BCUT2D eigenvalue weighted by atomic mass is 16.4. The lowest BCUT2D eigenvalue weighted by Crippen LogP contribution is -2.24. The van der Waals surface area contributed by atoms with E-state index in [1.807, 2.05) is 0 Å². The molecule has 76 valence electrons. The van der Waals surface area contributed by atoms with Gasteiger partial charge in [0, 0.05) is 0 Å². The molecule has 1 aromatic heterocycles. The summed E-state index contributed by atoms with van der Waals surface area (Å²) in [6.45, 7) is 1.53. The molecule has 5 heteroatoms. The minimum Gasteiger partial charge on any atom is -0.477 e. The number of hydrogen-bond donors (Lipinski definition) is 3. The van der Waals surface area contributed by atoms with Crippen LogP contribution in [-0.2, 0) is 0 Å². The lowest BCUT2D eigenvalue weighted by Gasteiger charge is -2.13. The van der Waals surface area contributed by atoms with Crippen molar-refractivity contribution in [2.75, 3.05) is 0 Å². The molecule has 5 nitrogen and oxygen atoms in total. The second-order valence-electron chi connectivity index (χ2n) is 3.02. The molecule has 4 N–H and O–H groups in total. The quantitative estimate of drug-likeness (QED) is 0.639. The van der Waals surface area contributed by atoms with Crippen LogP contribution < -0.4 is 5.73 Å². The normalized spacial score (nSPS) is 14.8. The summed E-state index contributed by atoms with van der Waals surface area (Å²) in [6.07, 6.45) is -0.758. The van der Waals surface area contributed by atoms with Crippen LogP contribution in [0.3, 0.4) is 0 Å². The number of aliphatic hydroxyl groups is 1. The first-order chi connectivity index (χ1) is 6.52. The highest BCUT2D eigenvalue weighted by Crippen LogP contribution is 2.11. The molecule has 0 aliphatic rings. The van der Waals surface area contributed by atoms with Crippen molar-refractivity contribution in [1.82, 2.24) is 4.98 Å². The molecule has 0 radical (unpaired) electrons. The Morgan fingerprint density at radius 3 is 2.71 bits per heavy atom. The van der Waals surface area contributed by atoms with E-state index in [4.69, 9.17) is 10.8 Å². The molecule has 0 fully saturated rings. The lowest BCUT2D eigenvalue weighted by atomic mass is 10.1. The maximum absolute atomic E-state index is 10.6. The van der Waals surface area contributed by atoms with Gasteiger partial charge in [0.25, 0.3) is 0 Å². The zero-order valence-corrected chi connectivity index (χ0v) is 7.71. The van der Waals surface area contributed by atoms with Crippen LogP contribution in [0.2, 0.25) is 0 Å². The van der Waals surface area contributed by atoms with Crippen LogP contribution in [0.25, 0.3) is 0 Å². The molecule has 2 atom stereocenters. The molecule has 0 amide bonds. The number of aromatic nitrogens is 1. The molecule has 0 aliphatic heterocycles. The number of nitrogens with zero attached hydrogens (tertiary/aromatic N) is 1. The average molecular weight is 196 g/mol. The standard InChI is InChI=1S/C9H12N2O3/c1-5(12)8(10)6-3-2-4-7(11-6)9(13)14/h2-5,8,12H,10H2,1H3,(H,13,14)/t5-,8-/m1/s1. The smallest absolute Gasteiger partial charge is 0.354 e. The highest BCUT2D eigenvalue weighted by molar-refractivity contribution is 5.85. The maximum atomic E-state index is 10.6. The van der Waals surface area contributed by atoms with E-state index in [2.05, 4.69) is 4.98 Å². The molecule has 1 rings (SSSR count). The number of rotatable bonds is 3. The largest absolute Gasteiger partial charge is 0.477 e. The van der Waals surface area contributed by atoms with E-state index in [9.17, 15) is 9.90 Å². The fourth-order valence-electron chi connectivity index (χ4n) is 1.00. The van der Waals surface area contributed by atoms with E-state index in [0.717, 1.165) is 0 Å². The van der Waals surface area contributed by atoms with Crippen molar-refractivity contribution in [3.63, 3.8) is 0 Å². The third-order valence-corrected chi connectivity index (χ3v) is 1.85. The van der Waals surface area contributed by atoms with Gasteiger partial charge in [0.1, 0.15) is 5.69 Å². The Morgan fingerprint density at radius 2 is 2.21 bits per heavy atom. The number of carbonyl (C=O) groups is 1. The van der Waals surface area contributed by atoms with Crippen LogP contribution in [0.1, 0.15) is 29.1 Å². The zero-order valence-electron chi connectivity index (χ0n) is 7.71. The number of nitrogens with two attached hydrogens (primary N) is 1. The van der Waals surface area contributed by atoms with Crippen LogP contribution in [0, 0.1) is 0 Å². The van der Waals surface area contributed by atoms with Gasteiger partial charge in [-0.25, -0.2) is 9.78 Å². The van der Waals surface area contributed by atoms with Crippen molar-refractivity contribution in [2.45, 2.75) is 19.1 Å². The van der Waals surface area contributed by atoms with Crippen molar-refractivity contribution in [3.05, 3.63) is 29.6 Å². The van der Waals surface area contributed by atoms with Gasteiger partial charge in [0.15, 0.2) is 0 Å². The van der Waals surface area contributed by atoms with Gasteiger partial charge < -0.3 is 15.9 Å². The van der Waals surface area contributed by atoms with Gasteiger partial charge in [-0.2, -0.15) is 0 Å². The van der Waals surface area contributed by atoms with Gasteiger partial charge in [-0.05, 0) is 19.1 Å². The third-order valence-electron chi connectivity index (χ3n) is 1.85. The van der Waals surface area contributed by atoms with Crippen molar-refractivity contribution in [2.24, 2.45) is 5.73 Å². The second-order valence-corrected chi connectivity index (χ2v) is 3.02. The van der Waals surface area contributed by atoms with E-state index in [1.54, 1.807) is 12.1 Å². The Labute approximate surface area is 81.2 Å². The topological polar surface area (TPSA) is 96.4 Å². The van der Waals surface area contributed by atoms with Crippen molar-refractivity contribution >= 4 is 5.97 Å². The summed E-state index contributed by atoms with van der Waals surface area (Å²) in [5, 5.41) is 17.9. The Hall–Kier alpha value is -1.46. The maximum Gasteiger partial charge on any atom is 0.354 e. The number of aromatic carboxylic acids is 1. The summed E-state index contributed by atoms with van der Waals surface area (Å²) in [5.41, 5.74) is 5.91. The Bertz CT molecular complexity index is 339. The summed E-state index contributed by atoms with van der Waals surface area (Å²) in [7, 11) is 0. The molecular formula is C9H12N2O3. The molecule has 0 aromatic carbocycles. The van der Waals surface area contributed by atoms with Gasteiger partial charge in [-0.15, -0.1) is 0 Å².